The van der Waals surface area contributed by atoms with Gasteiger partial charge in [-0.25, -0.2) is 19.1 Å². The number of carbonyl (C=O) groups is 3. The summed E-state index contributed by atoms with van der Waals surface area (Å²) in [4.78, 5) is 54.0. The number of aromatic nitrogens is 5. The second-order valence-electron chi connectivity index (χ2n) is 7.41. The van der Waals surface area contributed by atoms with Crippen molar-refractivity contribution >= 4 is 23.4 Å². The van der Waals surface area contributed by atoms with E-state index < -0.39 is 23.5 Å². The van der Waals surface area contributed by atoms with Crippen LogP contribution < -0.4 is 16.8 Å². The first-order valence-electron chi connectivity index (χ1n) is 9.73. The Morgan fingerprint density at radius 2 is 2.09 bits per heavy atom. The van der Waals surface area contributed by atoms with E-state index in [0.717, 1.165) is 27.9 Å². The standard InChI is InChI=1S/C20H15N7O6/c21-15(28)11-7-22-27-14(19(30)31)6-13(23-17(11)27)18(29)24-12-4-2-8-5-9(1-3-10(8)12)16-25-20(32)33-26-16/h1,3,5-7,12H,2,4H2,(H2,21,28)(H,24,29)(H,30,31)(H,25,26,32)/t12-/m0/s1. The molecule has 0 saturated carbocycles. The molecule has 0 spiro atoms. The van der Waals surface area contributed by atoms with Crippen LogP contribution in [0.3, 0.4) is 0 Å². The summed E-state index contributed by atoms with van der Waals surface area (Å²) < 4.78 is 5.48. The van der Waals surface area contributed by atoms with Crippen molar-refractivity contribution in [2.45, 2.75) is 18.9 Å². The SMILES string of the molecule is NC(=O)c1cnn2c(C(=O)O)cc(C(=O)N[C@H]3CCc4cc(-c5noc(=O)[nH]5)ccc43)nc12. The average molecular weight is 449 g/mol. The van der Waals surface area contributed by atoms with Crippen molar-refractivity contribution < 1.29 is 24.0 Å². The van der Waals surface area contributed by atoms with Gasteiger partial charge in [-0.3, -0.25) is 19.1 Å². The van der Waals surface area contributed by atoms with Crippen LogP contribution in [0.2, 0.25) is 0 Å². The number of nitrogens with zero attached hydrogens (tertiary/aromatic N) is 4. The maximum absolute atomic E-state index is 12.9. The molecule has 0 unspecified atom stereocenters. The van der Waals surface area contributed by atoms with Crippen LogP contribution in [0.5, 0.6) is 0 Å². The van der Waals surface area contributed by atoms with E-state index in [1.54, 1.807) is 6.07 Å². The highest BCUT2D eigenvalue weighted by molar-refractivity contribution is 6.01. The highest BCUT2D eigenvalue weighted by Crippen LogP contribution is 2.33. The fourth-order valence-electron chi connectivity index (χ4n) is 3.91. The van der Waals surface area contributed by atoms with Gasteiger partial charge >= 0.3 is 11.7 Å². The molecule has 33 heavy (non-hydrogen) atoms. The number of nitrogens with two attached hydrogens (primary N) is 1. The van der Waals surface area contributed by atoms with Gasteiger partial charge in [0, 0.05) is 11.6 Å². The summed E-state index contributed by atoms with van der Waals surface area (Å²) >= 11 is 0. The van der Waals surface area contributed by atoms with Crippen LogP contribution in [0.1, 0.15) is 54.9 Å². The van der Waals surface area contributed by atoms with Crippen LogP contribution in [0.25, 0.3) is 17.0 Å². The molecule has 1 aliphatic rings. The summed E-state index contributed by atoms with van der Waals surface area (Å²) in [6.07, 6.45) is 2.37. The summed E-state index contributed by atoms with van der Waals surface area (Å²) in [6, 6.07) is 6.16. The van der Waals surface area contributed by atoms with Crippen LogP contribution in [0, 0.1) is 0 Å². The predicted molar refractivity (Wildman–Crippen MR) is 110 cm³/mol. The van der Waals surface area contributed by atoms with Crippen LogP contribution in [0.15, 0.2) is 39.8 Å². The van der Waals surface area contributed by atoms with E-state index in [0.29, 0.717) is 24.2 Å². The topological polar surface area (TPSA) is 199 Å². The van der Waals surface area contributed by atoms with Crippen LogP contribution in [-0.2, 0) is 6.42 Å². The smallest absolute Gasteiger partial charge is 0.439 e. The highest BCUT2D eigenvalue weighted by Gasteiger charge is 2.27. The Hall–Kier alpha value is -4.81. The number of aromatic carboxylic acids is 1. The first kappa shape index (κ1) is 20.1. The van der Waals surface area contributed by atoms with Gasteiger partial charge in [0.25, 0.3) is 11.8 Å². The van der Waals surface area contributed by atoms with Gasteiger partial charge in [-0.05, 0) is 30.0 Å². The number of benzene rings is 1. The Kier molecular flexibility index (Phi) is 4.51. The molecule has 5 N–H and O–H groups in total. The number of hydrogen-bond acceptors (Lipinski definition) is 8. The Morgan fingerprint density at radius 1 is 1.27 bits per heavy atom. The van der Waals surface area contributed by atoms with Gasteiger partial charge in [0.05, 0.1) is 12.2 Å². The third-order valence-electron chi connectivity index (χ3n) is 5.43. The third kappa shape index (κ3) is 3.40. The minimum atomic E-state index is -1.35. The number of carboxylic acids is 1. The number of aromatic amines is 1. The number of nitrogens with one attached hydrogen (secondary N) is 2. The zero-order chi connectivity index (χ0) is 23.3. The quantitative estimate of drug-likeness (QED) is 0.330. The van der Waals surface area contributed by atoms with Crippen LogP contribution in [0.4, 0.5) is 0 Å². The normalized spacial score (nSPS) is 14.8. The number of amides is 2. The van der Waals surface area contributed by atoms with Crippen molar-refractivity contribution in [2.24, 2.45) is 5.73 Å². The first-order valence-corrected chi connectivity index (χ1v) is 9.73. The number of H-pyrrole nitrogens is 1. The molecule has 3 aromatic heterocycles. The fraction of sp³-hybridized carbons (Fsp3) is 0.150. The molecule has 13 heteroatoms. The van der Waals surface area contributed by atoms with Crippen molar-refractivity contribution in [3.05, 3.63) is 69.1 Å². The molecule has 3 heterocycles. The Balaban J connectivity index is 1.45. The molecule has 4 aromatic rings. The molecule has 0 radical (unpaired) electrons. The van der Waals surface area contributed by atoms with Crippen LogP contribution in [-0.4, -0.2) is 47.6 Å². The molecule has 2 amide bonds. The zero-order valence-electron chi connectivity index (χ0n) is 16.7. The number of carboxylic acid groups (broad SMARTS) is 1. The van der Waals surface area contributed by atoms with Crippen molar-refractivity contribution in [1.29, 1.82) is 0 Å². The lowest BCUT2D eigenvalue weighted by Crippen LogP contribution is -2.29. The van der Waals surface area contributed by atoms with Crippen LogP contribution >= 0.6 is 0 Å². The maximum atomic E-state index is 12.9. The summed E-state index contributed by atoms with van der Waals surface area (Å²) in [7, 11) is 0. The third-order valence-corrected chi connectivity index (χ3v) is 5.43. The Morgan fingerprint density at radius 3 is 2.79 bits per heavy atom. The van der Waals surface area contributed by atoms with E-state index in [4.69, 9.17) is 5.73 Å². The van der Waals surface area contributed by atoms with Gasteiger partial charge in [0.15, 0.2) is 17.2 Å². The number of carbonyl (C=O) groups excluding carboxylic acids is 2. The lowest BCUT2D eigenvalue weighted by Gasteiger charge is -2.14. The van der Waals surface area contributed by atoms with Gasteiger partial charge in [-0.2, -0.15) is 5.10 Å². The number of primary amides is 1. The molecule has 1 aliphatic carbocycles. The lowest BCUT2D eigenvalue weighted by atomic mass is 10.0. The van der Waals surface area contributed by atoms with Gasteiger partial charge in [0.2, 0.25) is 0 Å². The van der Waals surface area contributed by atoms with E-state index >= 15 is 0 Å². The molecule has 0 fully saturated rings. The predicted octanol–water partition coefficient (Wildman–Crippen LogP) is 0.287. The maximum Gasteiger partial charge on any atom is 0.439 e. The van der Waals surface area contributed by atoms with Crippen molar-refractivity contribution in [3.63, 3.8) is 0 Å². The molecule has 0 aliphatic heterocycles. The largest absolute Gasteiger partial charge is 0.477 e. The lowest BCUT2D eigenvalue weighted by molar-refractivity contribution is 0.0686. The van der Waals surface area contributed by atoms with Gasteiger partial charge in [0.1, 0.15) is 11.3 Å². The van der Waals surface area contributed by atoms with E-state index in [-0.39, 0.29) is 28.6 Å². The van der Waals surface area contributed by atoms with Crippen molar-refractivity contribution in [3.8, 4) is 11.4 Å². The van der Waals surface area contributed by atoms with E-state index in [1.807, 2.05) is 12.1 Å². The van der Waals surface area contributed by atoms with E-state index in [2.05, 4.69) is 30.1 Å². The molecule has 13 nitrogen and oxygen atoms in total. The number of hydrogen-bond donors (Lipinski definition) is 4. The van der Waals surface area contributed by atoms with Crippen molar-refractivity contribution in [1.82, 2.24) is 30.1 Å². The summed E-state index contributed by atoms with van der Waals surface area (Å²) in [5.74, 6) is -3.15. The van der Waals surface area contributed by atoms with Gasteiger partial charge in [-0.1, -0.05) is 17.3 Å². The van der Waals surface area contributed by atoms with E-state index in [1.165, 1.54) is 0 Å². The first-order chi connectivity index (χ1) is 15.8. The Bertz CT molecular complexity index is 1510. The zero-order valence-corrected chi connectivity index (χ0v) is 16.7. The monoisotopic (exact) mass is 449 g/mol. The molecule has 1 aromatic carbocycles. The molecule has 166 valence electrons. The Labute approximate surface area is 183 Å². The second-order valence-corrected chi connectivity index (χ2v) is 7.41. The number of aryl methyl sites for hydroxylation is 1. The highest BCUT2D eigenvalue weighted by atomic mass is 16.5. The number of fused-ring (bicyclic) bond motifs is 2. The van der Waals surface area contributed by atoms with E-state index in [9.17, 15) is 24.3 Å². The van der Waals surface area contributed by atoms with Gasteiger partial charge in [-0.15, -0.1) is 0 Å². The summed E-state index contributed by atoms with van der Waals surface area (Å²) in [5.41, 5.74) is 7.07. The molecule has 0 bridgehead atoms. The number of rotatable bonds is 5. The molecule has 5 rings (SSSR count). The summed E-state index contributed by atoms with van der Waals surface area (Å²) in [5, 5.41) is 19.9. The second kappa shape index (κ2) is 7.40. The fourth-order valence-corrected chi connectivity index (χ4v) is 3.91. The molecular weight excluding hydrogens is 434 g/mol. The molecule has 1 atom stereocenters. The minimum Gasteiger partial charge on any atom is -0.477 e. The summed E-state index contributed by atoms with van der Waals surface area (Å²) in [6.45, 7) is 0. The molecule has 0 saturated heterocycles. The minimum absolute atomic E-state index is 0.100. The van der Waals surface area contributed by atoms with Crippen molar-refractivity contribution in [2.75, 3.05) is 0 Å². The molecular formula is C20H15N7O6. The van der Waals surface area contributed by atoms with Gasteiger partial charge < -0.3 is 16.2 Å². The average Bonchev–Trinajstić information content (AvgIpc) is 3.50.